The Morgan fingerprint density at radius 3 is 2.40 bits per heavy atom. The molecule has 0 fully saturated rings. The Morgan fingerprint density at radius 2 is 1.73 bits per heavy atom. The van der Waals surface area contributed by atoms with Crippen LogP contribution in [0.4, 0.5) is 17.6 Å². The zero-order valence-corrected chi connectivity index (χ0v) is 17.0. The molecule has 0 aliphatic rings. The van der Waals surface area contributed by atoms with E-state index in [1.807, 2.05) is 24.3 Å². The van der Waals surface area contributed by atoms with Crippen LogP contribution in [0, 0.1) is 0 Å². The Kier molecular flexibility index (Phi) is 6.63. The third-order valence-corrected chi connectivity index (χ3v) is 4.26. The molecule has 1 aromatic heterocycles. The highest BCUT2D eigenvalue weighted by molar-refractivity contribution is 5.90. The maximum Gasteiger partial charge on any atom is 0.338 e. The highest BCUT2D eigenvalue weighted by atomic mass is 16.5. The number of nitrogen functional groups attached to an aromatic ring is 1. The number of esters is 1. The van der Waals surface area contributed by atoms with Crippen molar-refractivity contribution in [1.29, 1.82) is 0 Å². The predicted molar refractivity (Wildman–Crippen MR) is 112 cm³/mol. The first-order chi connectivity index (χ1) is 14.5. The first kappa shape index (κ1) is 20.8. The van der Waals surface area contributed by atoms with E-state index in [0.29, 0.717) is 11.5 Å². The van der Waals surface area contributed by atoms with E-state index in [0.717, 1.165) is 17.7 Å². The molecule has 0 saturated heterocycles. The minimum absolute atomic E-state index is 0.0237. The Balaban J connectivity index is 1.74. The SMILES string of the molecule is CCc1ccccc1Nc1nc(N)nc(COC(=O)c2cc(OC)cc(OC)c2)n1. The van der Waals surface area contributed by atoms with Gasteiger partial charge in [-0.2, -0.15) is 15.0 Å². The molecule has 30 heavy (non-hydrogen) atoms. The van der Waals surface area contributed by atoms with Crippen LogP contribution in [0.5, 0.6) is 11.5 Å². The Labute approximate surface area is 174 Å². The van der Waals surface area contributed by atoms with Crippen molar-refractivity contribution >= 4 is 23.6 Å². The first-order valence-corrected chi connectivity index (χ1v) is 9.28. The third-order valence-electron chi connectivity index (χ3n) is 4.26. The molecule has 0 atom stereocenters. The second-order valence-corrected chi connectivity index (χ2v) is 6.25. The van der Waals surface area contributed by atoms with Crippen LogP contribution in [0.3, 0.4) is 0 Å². The lowest BCUT2D eigenvalue weighted by Gasteiger charge is -2.11. The monoisotopic (exact) mass is 409 g/mol. The number of aromatic nitrogens is 3. The molecule has 9 nitrogen and oxygen atoms in total. The summed E-state index contributed by atoms with van der Waals surface area (Å²) in [7, 11) is 3.01. The van der Waals surface area contributed by atoms with Crippen LogP contribution in [0.2, 0.25) is 0 Å². The highest BCUT2D eigenvalue weighted by Crippen LogP contribution is 2.23. The molecular formula is C21H23N5O4. The van der Waals surface area contributed by atoms with Crippen molar-refractivity contribution in [2.24, 2.45) is 0 Å². The normalized spacial score (nSPS) is 10.4. The molecule has 3 aromatic rings. The summed E-state index contributed by atoms with van der Waals surface area (Å²) in [6.07, 6.45) is 0.845. The molecule has 156 valence electrons. The maximum atomic E-state index is 12.4. The van der Waals surface area contributed by atoms with Gasteiger partial charge in [0.2, 0.25) is 11.9 Å². The summed E-state index contributed by atoms with van der Waals surface area (Å²) < 4.78 is 15.7. The number of nitrogens with two attached hydrogens (primary N) is 1. The summed E-state index contributed by atoms with van der Waals surface area (Å²) in [5.41, 5.74) is 8.06. The number of nitrogens with zero attached hydrogens (tertiary/aromatic N) is 3. The summed E-state index contributed by atoms with van der Waals surface area (Å²) in [5.74, 6) is 0.908. The zero-order chi connectivity index (χ0) is 21.5. The third kappa shape index (κ3) is 5.13. The van der Waals surface area contributed by atoms with Crippen LogP contribution >= 0.6 is 0 Å². The number of methoxy groups -OCH3 is 2. The van der Waals surface area contributed by atoms with Crippen molar-refractivity contribution in [1.82, 2.24) is 15.0 Å². The van der Waals surface area contributed by atoms with Gasteiger partial charge >= 0.3 is 5.97 Å². The second kappa shape index (κ2) is 9.55. The molecule has 0 unspecified atom stereocenters. The fraction of sp³-hybridized carbons (Fsp3) is 0.238. The van der Waals surface area contributed by atoms with Crippen LogP contribution < -0.4 is 20.5 Å². The molecule has 3 N–H and O–H groups in total. The fourth-order valence-corrected chi connectivity index (χ4v) is 2.77. The maximum absolute atomic E-state index is 12.4. The highest BCUT2D eigenvalue weighted by Gasteiger charge is 2.14. The van der Waals surface area contributed by atoms with Crippen molar-refractivity contribution in [3.05, 3.63) is 59.4 Å². The summed E-state index contributed by atoms with van der Waals surface area (Å²) in [5, 5.41) is 3.14. The van der Waals surface area contributed by atoms with Crippen molar-refractivity contribution in [3.8, 4) is 11.5 Å². The summed E-state index contributed by atoms with van der Waals surface area (Å²) >= 11 is 0. The van der Waals surface area contributed by atoms with Crippen LogP contribution in [0.15, 0.2) is 42.5 Å². The summed E-state index contributed by atoms with van der Waals surface area (Å²) in [6.45, 7) is 1.88. The number of carbonyl (C=O) groups is 1. The molecule has 0 spiro atoms. The molecule has 9 heteroatoms. The van der Waals surface area contributed by atoms with E-state index < -0.39 is 5.97 Å². The average Bonchev–Trinajstić information content (AvgIpc) is 2.77. The van der Waals surface area contributed by atoms with Crippen molar-refractivity contribution in [2.75, 3.05) is 25.3 Å². The Bertz CT molecular complexity index is 1020. The van der Waals surface area contributed by atoms with Gasteiger partial charge in [-0.05, 0) is 30.2 Å². The molecule has 3 rings (SSSR count). The van der Waals surface area contributed by atoms with E-state index in [1.165, 1.54) is 14.2 Å². The summed E-state index contributed by atoms with van der Waals surface area (Å²) in [6, 6.07) is 12.6. The molecular weight excluding hydrogens is 386 g/mol. The number of benzene rings is 2. The van der Waals surface area contributed by atoms with Crippen molar-refractivity contribution in [2.45, 2.75) is 20.0 Å². The molecule has 0 bridgehead atoms. The Morgan fingerprint density at radius 1 is 1.03 bits per heavy atom. The van der Waals surface area contributed by atoms with Crippen LogP contribution in [-0.2, 0) is 17.8 Å². The van der Waals surface area contributed by atoms with E-state index in [9.17, 15) is 4.79 Å². The minimum Gasteiger partial charge on any atom is -0.497 e. The van der Waals surface area contributed by atoms with Gasteiger partial charge in [-0.15, -0.1) is 0 Å². The lowest BCUT2D eigenvalue weighted by molar-refractivity contribution is 0.0461. The number of carbonyl (C=O) groups excluding carboxylic acids is 1. The standard InChI is InChI=1S/C21H23N5O4/c1-4-13-7-5-6-8-17(13)23-21-25-18(24-20(22)26-21)12-30-19(27)14-9-15(28-2)11-16(10-14)29-3/h5-11H,4,12H2,1-3H3,(H3,22,23,24,25,26). The van der Waals surface area contributed by atoms with Crippen molar-refractivity contribution in [3.63, 3.8) is 0 Å². The molecule has 2 aromatic carbocycles. The molecule has 1 heterocycles. The fourth-order valence-electron chi connectivity index (χ4n) is 2.77. The van der Waals surface area contributed by atoms with Gasteiger partial charge in [0.25, 0.3) is 0 Å². The van der Waals surface area contributed by atoms with Crippen LogP contribution in [0.25, 0.3) is 0 Å². The van der Waals surface area contributed by atoms with Gasteiger partial charge in [-0.1, -0.05) is 25.1 Å². The zero-order valence-electron chi connectivity index (χ0n) is 17.0. The number of hydrogen-bond acceptors (Lipinski definition) is 9. The molecule has 0 aliphatic heterocycles. The van der Waals surface area contributed by atoms with Crippen molar-refractivity contribution < 1.29 is 19.0 Å². The quantitative estimate of drug-likeness (QED) is 0.540. The van der Waals surface area contributed by atoms with E-state index in [2.05, 4.69) is 27.2 Å². The van der Waals surface area contributed by atoms with Gasteiger partial charge < -0.3 is 25.3 Å². The topological polar surface area (TPSA) is 121 Å². The largest absolute Gasteiger partial charge is 0.497 e. The first-order valence-electron chi connectivity index (χ1n) is 9.28. The van der Waals surface area contributed by atoms with Gasteiger partial charge in [-0.25, -0.2) is 4.79 Å². The van der Waals surface area contributed by atoms with Gasteiger partial charge in [-0.3, -0.25) is 0 Å². The average molecular weight is 409 g/mol. The predicted octanol–water partition coefficient (Wildman–Crippen LogP) is 3.13. The number of anilines is 3. The molecule has 0 radical (unpaired) electrons. The number of ether oxygens (including phenoxy) is 3. The van der Waals surface area contributed by atoms with Gasteiger partial charge in [0.05, 0.1) is 19.8 Å². The van der Waals surface area contributed by atoms with Gasteiger partial charge in [0, 0.05) is 11.8 Å². The molecule has 0 amide bonds. The van der Waals surface area contributed by atoms with E-state index in [4.69, 9.17) is 19.9 Å². The van der Waals surface area contributed by atoms with Crippen LogP contribution in [-0.4, -0.2) is 35.1 Å². The summed E-state index contributed by atoms with van der Waals surface area (Å²) in [4.78, 5) is 24.9. The minimum atomic E-state index is -0.572. The Hall–Kier alpha value is -3.88. The second-order valence-electron chi connectivity index (χ2n) is 6.25. The number of nitrogens with one attached hydrogen (secondary N) is 1. The number of rotatable bonds is 8. The van der Waals surface area contributed by atoms with E-state index in [1.54, 1.807) is 18.2 Å². The molecule has 0 aliphatic carbocycles. The smallest absolute Gasteiger partial charge is 0.338 e. The number of hydrogen-bond donors (Lipinski definition) is 2. The van der Waals surface area contributed by atoms with E-state index >= 15 is 0 Å². The van der Waals surface area contributed by atoms with Crippen LogP contribution in [0.1, 0.15) is 28.7 Å². The van der Waals surface area contributed by atoms with Gasteiger partial charge in [0.15, 0.2) is 12.4 Å². The number of para-hydroxylation sites is 1. The van der Waals surface area contributed by atoms with E-state index in [-0.39, 0.29) is 29.9 Å². The number of aryl methyl sites for hydroxylation is 1. The molecule has 0 saturated carbocycles. The lowest BCUT2D eigenvalue weighted by Crippen LogP contribution is -2.11. The lowest BCUT2D eigenvalue weighted by atomic mass is 10.1. The van der Waals surface area contributed by atoms with Gasteiger partial charge in [0.1, 0.15) is 11.5 Å².